The van der Waals surface area contributed by atoms with Crippen LogP contribution in [0.25, 0.3) is 0 Å². The molecule has 0 aromatic heterocycles. The number of hydrogen-bond acceptors (Lipinski definition) is 5. The maximum atomic E-state index is 12.0. The van der Waals surface area contributed by atoms with Gasteiger partial charge in [-0.25, -0.2) is 0 Å². The first kappa shape index (κ1) is 12.9. The molecule has 0 N–H and O–H groups in total. The number of hydrogen-bond donors (Lipinski definition) is 0. The van der Waals surface area contributed by atoms with Gasteiger partial charge in [-0.3, -0.25) is 19.5 Å². The first-order valence-electron chi connectivity index (χ1n) is 6.25. The zero-order valence-electron chi connectivity index (χ0n) is 10.6. The van der Waals surface area contributed by atoms with Crippen LogP contribution in [0.5, 0.6) is 0 Å². The van der Waals surface area contributed by atoms with Crippen LogP contribution in [0.15, 0.2) is 10.2 Å². The number of ketones is 1. The van der Waals surface area contributed by atoms with Crippen molar-refractivity contribution >= 4 is 18.0 Å². The third kappa shape index (κ3) is 2.47. The van der Waals surface area contributed by atoms with E-state index in [4.69, 9.17) is 0 Å². The van der Waals surface area contributed by atoms with E-state index in [9.17, 15) is 14.5 Å². The average Bonchev–Trinajstić information content (AvgIpc) is 3.10. The Morgan fingerprint density at radius 1 is 1.56 bits per heavy atom. The lowest BCUT2D eigenvalue weighted by Gasteiger charge is -2.20. The molecule has 0 spiro atoms. The predicted molar refractivity (Wildman–Crippen MR) is 65.9 cm³/mol. The molecule has 2 aliphatic rings. The van der Waals surface area contributed by atoms with Gasteiger partial charge >= 0.3 is 0 Å². The Hall–Kier alpha value is -1.59. The van der Waals surface area contributed by atoms with Gasteiger partial charge in [0.2, 0.25) is 0 Å². The van der Waals surface area contributed by atoms with Crippen LogP contribution >= 0.6 is 0 Å². The van der Waals surface area contributed by atoms with E-state index in [0.29, 0.717) is 0 Å². The highest BCUT2D eigenvalue weighted by Crippen LogP contribution is 2.32. The lowest BCUT2D eigenvalue weighted by Crippen LogP contribution is -2.40. The molecule has 2 atom stereocenters. The van der Waals surface area contributed by atoms with Crippen LogP contribution in [-0.4, -0.2) is 35.1 Å². The molecule has 1 fully saturated rings. The molecule has 0 saturated heterocycles. The van der Waals surface area contributed by atoms with Crippen LogP contribution in [0, 0.1) is 16.7 Å². The fourth-order valence-corrected chi connectivity index (χ4v) is 2.04. The molecule has 6 heteroatoms. The van der Waals surface area contributed by atoms with Gasteiger partial charge in [-0.15, -0.1) is 4.91 Å². The predicted octanol–water partition coefficient (Wildman–Crippen LogP) is 1.34. The zero-order valence-corrected chi connectivity index (χ0v) is 10.6. The molecule has 6 nitrogen and oxygen atoms in total. The smallest absolute Gasteiger partial charge is 0.254 e. The van der Waals surface area contributed by atoms with Crippen LogP contribution in [0.3, 0.4) is 0 Å². The highest BCUT2D eigenvalue weighted by molar-refractivity contribution is 5.97. The lowest BCUT2D eigenvalue weighted by molar-refractivity contribution is -0.130. The number of nitrogens with zero attached hydrogens (tertiary/aromatic N) is 3. The van der Waals surface area contributed by atoms with Crippen LogP contribution < -0.4 is 0 Å². The minimum absolute atomic E-state index is 0.0107. The highest BCUT2D eigenvalue weighted by atomic mass is 16.3. The van der Waals surface area contributed by atoms with Gasteiger partial charge in [0.25, 0.3) is 5.91 Å². The summed E-state index contributed by atoms with van der Waals surface area (Å²) in [7, 11) is 0. The molecule has 0 radical (unpaired) electrons. The summed E-state index contributed by atoms with van der Waals surface area (Å²) >= 11 is 0. The Labute approximate surface area is 105 Å². The van der Waals surface area contributed by atoms with E-state index < -0.39 is 12.2 Å². The van der Waals surface area contributed by atoms with Gasteiger partial charge in [-0.1, -0.05) is 13.8 Å². The highest BCUT2D eigenvalue weighted by Gasteiger charge is 2.38. The third-order valence-electron chi connectivity index (χ3n) is 3.35. The molecule has 98 valence electrons. The maximum absolute atomic E-state index is 12.0. The lowest BCUT2D eigenvalue weighted by atomic mass is 10.0. The van der Waals surface area contributed by atoms with E-state index in [2.05, 4.69) is 10.2 Å². The summed E-state index contributed by atoms with van der Waals surface area (Å²) in [5.41, 5.74) is 0. The van der Waals surface area contributed by atoms with Gasteiger partial charge in [-0.2, -0.15) is 0 Å². The molecule has 1 amide bonds. The van der Waals surface area contributed by atoms with Crippen LogP contribution in [0.2, 0.25) is 0 Å². The Balaban J connectivity index is 2.00. The summed E-state index contributed by atoms with van der Waals surface area (Å²) < 4.78 is 0. The fourth-order valence-electron chi connectivity index (χ4n) is 2.04. The van der Waals surface area contributed by atoms with Crippen molar-refractivity contribution < 1.29 is 9.59 Å². The van der Waals surface area contributed by atoms with Crippen LogP contribution in [0.1, 0.15) is 33.1 Å². The Bertz CT molecular complexity index is 401. The Kier molecular flexibility index (Phi) is 3.54. The summed E-state index contributed by atoms with van der Waals surface area (Å²) in [5, 5.41) is 2.91. The second kappa shape index (κ2) is 4.96. The van der Waals surface area contributed by atoms with Gasteiger partial charge in [0.15, 0.2) is 6.17 Å². The van der Waals surface area contributed by atoms with Gasteiger partial charge in [0.1, 0.15) is 11.8 Å². The largest absolute Gasteiger partial charge is 0.299 e. The second-order valence-electron chi connectivity index (χ2n) is 5.23. The van der Waals surface area contributed by atoms with Crippen molar-refractivity contribution in [3.05, 3.63) is 4.91 Å². The maximum Gasteiger partial charge on any atom is 0.254 e. The first-order chi connectivity index (χ1) is 8.54. The van der Waals surface area contributed by atoms with E-state index in [1.54, 1.807) is 0 Å². The SMILES string of the molecule is CC(C)C1N=CN(C(CC(=O)C2CC2)N=O)C1=O. The molecule has 0 aromatic rings. The molecule has 1 saturated carbocycles. The van der Waals surface area contributed by atoms with E-state index >= 15 is 0 Å². The van der Waals surface area contributed by atoms with Gasteiger partial charge < -0.3 is 0 Å². The molecular formula is C12H17N3O3. The van der Waals surface area contributed by atoms with Crippen molar-refractivity contribution in [1.29, 1.82) is 0 Å². The molecule has 18 heavy (non-hydrogen) atoms. The number of carbonyl (C=O) groups excluding carboxylic acids is 2. The summed E-state index contributed by atoms with van der Waals surface area (Å²) in [6.07, 6.45) is 2.20. The summed E-state index contributed by atoms with van der Waals surface area (Å²) in [6, 6.07) is -0.453. The number of carbonyl (C=O) groups is 2. The van der Waals surface area contributed by atoms with Crippen molar-refractivity contribution in [1.82, 2.24) is 4.90 Å². The first-order valence-corrected chi connectivity index (χ1v) is 6.25. The number of rotatable bonds is 6. The standard InChI is InChI=1S/C12H17N3O3/c1-7(2)11-12(17)15(6-13-11)10(14-18)5-9(16)8-3-4-8/h6-8,10-11H,3-5H2,1-2H3. The number of Topliss-reactive ketones (excluding diaryl/α,β-unsaturated/α-hetero) is 1. The molecule has 2 unspecified atom stereocenters. The molecule has 0 aromatic carbocycles. The van der Waals surface area contributed by atoms with Crippen molar-refractivity contribution in [2.75, 3.05) is 0 Å². The van der Waals surface area contributed by atoms with Crippen LogP contribution in [-0.2, 0) is 9.59 Å². The Morgan fingerprint density at radius 3 is 2.67 bits per heavy atom. The summed E-state index contributed by atoms with van der Waals surface area (Å²) in [6.45, 7) is 3.78. The molecule has 1 heterocycles. The van der Waals surface area contributed by atoms with E-state index in [1.807, 2.05) is 13.8 Å². The summed E-state index contributed by atoms with van der Waals surface area (Å²) in [4.78, 5) is 39.8. The van der Waals surface area contributed by atoms with E-state index in [-0.39, 0.29) is 29.9 Å². The molecular weight excluding hydrogens is 234 g/mol. The fraction of sp³-hybridized carbons (Fsp3) is 0.750. The third-order valence-corrected chi connectivity index (χ3v) is 3.35. The second-order valence-corrected chi connectivity index (χ2v) is 5.23. The quantitative estimate of drug-likeness (QED) is 0.668. The van der Waals surface area contributed by atoms with Crippen molar-refractivity contribution in [2.24, 2.45) is 22.0 Å². The topological polar surface area (TPSA) is 79.2 Å². The average molecular weight is 251 g/mol. The van der Waals surface area contributed by atoms with Gasteiger partial charge in [-0.05, 0) is 23.9 Å². The van der Waals surface area contributed by atoms with Gasteiger partial charge in [0, 0.05) is 5.92 Å². The number of amides is 1. The number of nitroso groups, excluding NO2 is 1. The Morgan fingerprint density at radius 2 is 2.22 bits per heavy atom. The van der Waals surface area contributed by atoms with Crippen molar-refractivity contribution in [2.45, 2.75) is 45.3 Å². The van der Waals surface area contributed by atoms with Gasteiger partial charge in [0.05, 0.1) is 12.8 Å². The zero-order chi connectivity index (χ0) is 13.3. The van der Waals surface area contributed by atoms with E-state index in [0.717, 1.165) is 12.8 Å². The van der Waals surface area contributed by atoms with Crippen LogP contribution in [0.4, 0.5) is 0 Å². The normalized spacial score (nSPS) is 24.7. The molecule has 1 aliphatic carbocycles. The summed E-state index contributed by atoms with van der Waals surface area (Å²) in [5.74, 6) is -0.0676. The molecule has 2 rings (SSSR count). The molecule has 1 aliphatic heterocycles. The number of aliphatic imine (C=N–C) groups is 1. The van der Waals surface area contributed by atoms with Crippen molar-refractivity contribution in [3.63, 3.8) is 0 Å². The minimum Gasteiger partial charge on any atom is -0.299 e. The van der Waals surface area contributed by atoms with E-state index in [1.165, 1.54) is 11.2 Å². The monoisotopic (exact) mass is 251 g/mol. The minimum atomic E-state index is -0.932. The molecule has 0 bridgehead atoms. The van der Waals surface area contributed by atoms with Crippen molar-refractivity contribution in [3.8, 4) is 0 Å².